The average Bonchev–Trinajstić information content (AvgIpc) is 3.11. The Hall–Kier alpha value is -5.24. The summed E-state index contributed by atoms with van der Waals surface area (Å²) in [7, 11) is 6.21. The zero-order chi connectivity index (χ0) is 43.5. The number of aromatic carboxylic acids is 1. The summed E-state index contributed by atoms with van der Waals surface area (Å²) in [5.74, 6) is 13.2. The molecule has 0 bridgehead atoms. The van der Waals surface area contributed by atoms with Crippen LogP contribution in [0.5, 0.6) is 0 Å². The lowest BCUT2D eigenvalue weighted by atomic mass is 10.0. The highest BCUT2D eigenvalue weighted by molar-refractivity contribution is 5.98. The molecule has 56 heavy (non-hydrogen) atoms. The summed E-state index contributed by atoms with van der Waals surface area (Å²) < 4.78 is 25.5. The number of carbonyl (C=O) groups excluding carboxylic acids is 3. The minimum Gasteiger partial charge on any atom is -0.478 e. The third-order valence-electron chi connectivity index (χ3n) is 6.80. The first-order chi connectivity index (χ1) is 26.1. The van der Waals surface area contributed by atoms with Gasteiger partial charge in [0.25, 0.3) is 5.91 Å². The predicted molar refractivity (Wildman–Crippen MR) is 219 cm³/mol. The number of Topliss-reactive ketones (excluding diaryl/α,β-unsaturated/α-hetero) is 2. The fourth-order valence-electron chi connectivity index (χ4n) is 4.35. The van der Waals surface area contributed by atoms with Gasteiger partial charge in [-0.15, -0.1) is 12.8 Å². The Bertz CT molecular complexity index is 1710. The van der Waals surface area contributed by atoms with E-state index in [0.717, 1.165) is 0 Å². The van der Waals surface area contributed by atoms with E-state index in [1.807, 2.05) is 55.4 Å². The molecular weight excluding hydrogens is 714 g/mol. The van der Waals surface area contributed by atoms with E-state index in [0.29, 0.717) is 16.7 Å². The molecule has 0 aromatic heterocycles. The van der Waals surface area contributed by atoms with E-state index >= 15 is 0 Å². The summed E-state index contributed by atoms with van der Waals surface area (Å²) in [6.07, 6.45) is 9.45. The van der Waals surface area contributed by atoms with Gasteiger partial charge >= 0.3 is 5.97 Å². The molecule has 11 heteroatoms. The molecule has 2 rings (SSSR count). The molecule has 2 aromatic carbocycles. The summed E-state index contributed by atoms with van der Waals surface area (Å²) in [6.45, 7) is 17.2. The highest BCUT2D eigenvalue weighted by Crippen LogP contribution is 2.17. The third-order valence-corrected chi connectivity index (χ3v) is 6.80. The van der Waals surface area contributed by atoms with Gasteiger partial charge < -0.3 is 34.1 Å². The highest BCUT2D eigenvalue weighted by atomic mass is 16.5. The van der Waals surface area contributed by atoms with E-state index in [1.165, 1.54) is 26.4 Å². The molecule has 304 valence electrons. The summed E-state index contributed by atoms with van der Waals surface area (Å²) >= 11 is 0. The monoisotopic (exact) mass is 773 g/mol. The van der Waals surface area contributed by atoms with Crippen LogP contribution >= 0.6 is 0 Å². The highest BCUT2D eigenvalue weighted by Gasteiger charge is 2.30. The molecule has 0 saturated carbocycles. The first-order valence-electron chi connectivity index (χ1n) is 17.6. The number of nitrogens with one attached hydrogen (secondary N) is 1. The van der Waals surface area contributed by atoms with Gasteiger partial charge in [-0.05, 0) is 128 Å². The van der Waals surface area contributed by atoms with Crippen molar-refractivity contribution in [3.8, 4) is 48.4 Å². The van der Waals surface area contributed by atoms with Crippen molar-refractivity contribution < 1.29 is 48.0 Å². The number of carboxylic acids is 1. The Kier molecular flexibility index (Phi) is 26.6. The average molecular weight is 774 g/mol. The number of ketones is 2. The lowest BCUT2D eigenvalue weighted by Gasteiger charge is -2.30. The zero-order valence-electron chi connectivity index (χ0n) is 35.1. The number of hydrogen-bond acceptors (Lipinski definition) is 9. The molecule has 0 heterocycles. The van der Waals surface area contributed by atoms with E-state index in [1.54, 1.807) is 57.5 Å². The quantitative estimate of drug-likeness (QED) is 0.237. The van der Waals surface area contributed by atoms with Crippen LogP contribution in [-0.2, 0) is 33.3 Å². The summed E-state index contributed by atoms with van der Waals surface area (Å²) in [6, 6.07) is 12.0. The fourth-order valence-corrected chi connectivity index (χ4v) is 4.35. The zero-order valence-corrected chi connectivity index (χ0v) is 35.1. The van der Waals surface area contributed by atoms with Crippen LogP contribution in [0.4, 0.5) is 0 Å². The first kappa shape index (κ1) is 52.9. The second kappa shape index (κ2) is 28.2. The molecule has 0 saturated heterocycles. The van der Waals surface area contributed by atoms with Crippen molar-refractivity contribution in [2.45, 2.75) is 91.8 Å². The van der Waals surface area contributed by atoms with E-state index in [-0.39, 0.29) is 53.9 Å². The molecule has 0 radical (unpaired) electrons. The first-order valence-corrected chi connectivity index (χ1v) is 17.6. The molecule has 0 aliphatic heterocycles. The van der Waals surface area contributed by atoms with Gasteiger partial charge in [-0.2, -0.15) is 0 Å². The molecule has 0 aliphatic carbocycles. The van der Waals surface area contributed by atoms with Crippen LogP contribution < -0.4 is 5.32 Å². The number of rotatable bonds is 13. The third kappa shape index (κ3) is 25.0. The SMILES string of the molecule is C#CC#Cc1ccc(C(=O)N[C@H](C(=O)COC)[C@@H](C)OC(C)(C)C)cc1.C#CC#Cc1ccc(C(=O)O)cc1.COC.COCC(=O)[C@@H](C)[C@@H](C)OC(C)(C)C. The van der Waals surface area contributed by atoms with Gasteiger partial charge in [-0.25, -0.2) is 4.79 Å². The summed E-state index contributed by atoms with van der Waals surface area (Å²) in [5, 5.41) is 11.3. The minimum atomic E-state index is -0.948. The van der Waals surface area contributed by atoms with Crippen LogP contribution in [0.25, 0.3) is 0 Å². The smallest absolute Gasteiger partial charge is 0.335 e. The molecule has 0 fully saturated rings. The van der Waals surface area contributed by atoms with E-state index < -0.39 is 23.7 Å². The van der Waals surface area contributed by atoms with Crippen molar-refractivity contribution in [3.63, 3.8) is 0 Å². The van der Waals surface area contributed by atoms with Crippen molar-refractivity contribution in [2.24, 2.45) is 5.92 Å². The van der Waals surface area contributed by atoms with Gasteiger partial charge in [-0.3, -0.25) is 14.4 Å². The van der Waals surface area contributed by atoms with Crippen molar-refractivity contribution in [1.29, 1.82) is 0 Å². The Labute approximate surface area is 334 Å². The van der Waals surface area contributed by atoms with Gasteiger partial charge in [0.1, 0.15) is 19.3 Å². The molecule has 0 unspecified atom stereocenters. The van der Waals surface area contributed by atoms with E-state index in [2.05, 4.69) is 45.6 Å². The fraction of sp³-hybridized carbons (Fsp3) is 0.467. The second-order valence-electron chi connectivity index (χ2n) is 14.1. The van der Waals surface area contributed by atoms with Gasteiger partial charge in [0, 0.05) is 51.0 Å². The molecule has 2 N–H and O–H groups in total. The Morgan fingerprint density at radius 3 is 1.39 bits per heavy atom. The number of carbonyl (C=O) groups is 4. The maximum absolute atomic E-state index is 12.5. The maximum atomic E-state index is 12.5. The molecule has 11 nitrogen and oxygen atoms in total. The number of terminal acetylenes is 2. The van der Waals surface area contributed by atoms with Crippen molar-refractivity contribution >= 4 is 23.4 Å². The van der Waals surface area contributed by atoms with Crippen LogP contribution in [-0.4, -0.2) is 99.7 Å². The van der Waals surface area contributed by atoms with E-state index in [4.69, 9.17) is 36.9 Å². The second-order valence-corrected chi connectivity index (χ2v) is 14.1. The minimum absolute atomic E-state index is 0.0716. The van der Waals surface area contributed by atoms with Gasteiger partial charge in [0.2, 0.25) is 0 Å². The molecule has 4 atom stereocenters. The van der Waals surface area contributed by atoms with Crippen molar-refractivity contribution in [3.05, 3.63) is 70.8 Å². The standard InChI is InChI=1S/C21H25NO4.C11H22O3.C11H6O2.C2H6O/c1-7-8-9-16-10-12-17(13-11-16)20(24)22-19(18(23)14-25-6)15(2)26-21(3,4)5;1-8(10(12)7-13-6)9(2)14-11(3,4)5;1-2-3-4-9-5-7-10(8-6-9)11(12)13;1-3-2/h1,10-13,15,19H,14H2,2-6H3,(H,22,24);8-9H,7H2,1-6H3;1,5-8H,(H,12,13);1-2H3/t15-,19+;8-,9+;;/m10../s1. The van der Waals surface area contributed by atoms with Crippen LogP contribution in [0.2, 0.25) is 0 Å². The lowest BCUT2D eigenvalue weighted by molar-refractivity contribution is -0.136. The molecule has 0 spiro atoms. The van der Waals surface area contributed by atoms with Gasteiger partial charge in [0.15, 0.2) is 11.6 Å². The van der Waals surface area contributed by atoms with Gasteiger partial charge in [-0.1, -0.05) is 18.8 Å². The summed E-state index contributed by atoms with van der Waals surface area (Å²) in [4.78, 5) is 46.8. The lowest BCUT2D eigenvalue weighted by Crippen LogP contribution is -2.51. The number of methoxy groups -OCH3 is 3. The van der Waals surface area contributed by atoms with Crippen molar-refractivity contribution in [1.82, 2.24) is 5.32 Å². The number of hydrogen-bond donors (Lipinski definition) is 2. The number of ether oxygens (including phenoxy) is 5. The topological polar surface area (TPSA) is 147 Å². The molecular formula is C45H59NO10. The largest absolute Gasteiger partial charge is 0.478 e. The molecule has 2 aromatic rings. The molecule has 1 amide bonds. The number of carboxylic acid groups (broad SMARTS) is 1. The Morgan fingerprint density at radius 1 is 0.661 bits per heavy atom. The van der Waals surface area contributed by atoms with Crippen LogP contribution in [0.15, 0.2) is 48.5 Å². The Morgan fingerprint density at radius 2 is 1.04 bits per heavy atom. The predicted octanol–water partition coefficient (Wildman–Crippen LogP) is 5.86. The van der Waals surface area contributed by atoms with Crippen LogP contribution in [0, 0.1) is 54.3 Å². The van der Waals surface area contributed by atoms with Crippen molar-refractivity contribution in [2.75, 3.05) is 41.7 Å². The summed E-state index contributed by atoms with van der Waals surface area (Å²) in [5.41, 5.74) is 1.41. The van der Waals surface area contributed by atoms with Crippen LogP contribution in [0.1, 0.15) is 94.2 Å². The van der Waals surface area contributed by atoms with Crippen LogP contribution in [0.3, 0.4) is 0 Å². The normalized spacial score (nSPS) is 12.3. The Balaban J connectivity index is 0. The van der Waals surface area contributed by atoms with Gasteiger partial charge in [0.05, 0.1) is 29.0 Å². The van der Waals surface area contributed by atoms with E-state index in [9.17, 15) is 19.2 Å². The number of benzene rings is 2. The molecule has 0 aliphatic rings. The maximum Gasteiger partial charge on any atom is 0.335 e. The number of amides is 1.